The van der Waals surface area contributed by atoms with Gasteiger partial charge in [-0.25, -0.2) is 0 Å². The molecule has 0 fully saturated rings. The molecular formula is C15H25N3O2. The Morgan fingerprint density at radius 1 is 1.40 bits per heavy atom. The molecule has 0 saturated heterocycles. The maximum absolute atomic E-state index is 8.73. The molecule has 0 radical (unpaired) electrons. The number of aliphatic hydroxyl groups is 1. The van der Waals surface area contributed by atoms with Crippen molar-refractivity contribution in [2.45, 2.75) is 12.6 Å². The lowest BCUT2D eigenvalue weighted by Gasteiger charge is -2.23. The number of nitrogens with two attached hydrogens (primary N) is 1. The van der Waals surface area contributed by atoms with Crippen molar-refractivity contribution in [3.63, 3.8) is 0 Å². The molecule has 0 spiro atoms. The van der Waals surface area contributed by atoms with Gasteiger partial charge in [0.05, 0.1) is 19.8 Å². The van der Waals surface area contributed by atoms with E-state index < -0.39 is 0 Å². The van der Waals surface area contributed by atoms with Crippen LogP contribution in [0.1, 0.15) is 17.2 Å². The summed E-state index contributed by atoms with van der Waals surface area (Å²) in [6.07, 6.45) is 0. The van der Waals surface area contributed by atoms with Crippen LogP contribution in [0.3, 0.4) is 0 Å². The summed E-state index contributed by atoms with van der Waals surface area (Å²) in [6, 6.07) is 6.69. The highest BCUT2D eigenvalue weighted by molar-refractivity contribution is 5.58. The van der Waals surface area contributed by atoms with Gasteiger partial charge in [-0.2, -0.15) is 0 Å². The average molecular weight is 279 g/mol. The molecule has 5 nitrogen and oxygen atoms in total. The van der Waals surface area contributed by atoms with Gasteiger partial charge in [-0.15, -0.1) is 0 Å². The van der Waals surface area contributed by atoms with Crippen LogP contribution in [-0.4, -0.2) is 57.0 Å². The first-order valence-electron chi connectivity index (χ1n) is 7.11. The molecular weight excluding hydrogens is 254 g/mol. The highest BCUT2D eigenvalue weighted by atomic mass is 16.5. The number of anilines is 1. The van der Waals surface area contributed by atoms with E-state index in [2.05, 4.69) is 42.1 Å². The molecule has 5 heteroatoms. The number of ether oxygens (including phenoxy) is 1. The van der Waals surface area contributed by atoms with Crippen LogP contribution in [0.4, 0.5) is 5.69 Å². The number of rotatable bonds is 7. The number of benzene rings is 1. The van der Waals surface area contributed by atoms with E-state index in [1.807, 2.05) is 0 Å². The minimum absolute atomic E-state index is 0.0747. The van der Waals surface area contributed by atoms with Gasteiger partial charge in [0.2, 0.25) is 0 Å². The third-order valence-electron chi connectivity index (χ3n) is 3.81. The van der Waals surface area contributed by atoms with Crippen LogP contribution in [0.15, 0.2) is 18.2 Å². The summed E-state index contributed by atoms with van der Waals surface area (Å²) in [5.41, 5.74) is 9.93. The number of hydrogen-bond donors (Lipinski definition) is 2. The van der Waals surface area contributed by atoms with E-state index in [1.54, 1.807) is 0 Å². The zero-order valence-electron chi connectivity index (χ0n) is 12.4. The molecule has 1 atom stereocenters. The fraction of sp³-hybridized carbons (Fsp3) is 0.600. The number of aliphatic hydroxyl groups excluding tert-OH is 1. The van der Waals surface area contributed by atoms with Gasteiger partial charge in [-0.05, 0) is 17.2 Å². The van der Waals surface area contributed by atoms with E-state index in [4.69, 9.17) is 15.6 Å². The van der Waals surface area contributed by atoms with E-state index in [0.29, 0.717) is 19.8 Å². The first kappa shape index (κ1) is 15.3. The second kappa shape index (κ2) is 7.04. The van der Waals surface area contributed by atoms with Crippen molar-refractivity contribution < 1.29 is 9.84 Å². The summed E-state index contributed by atoms with van der Waals surface area (Å²) in [7, 11) is 4.14. The van der Waals surface area contributed by atoms with Crippen LogP contribution in [0.25, 0.3) is 0 Å². The Kier molecular flexibility index (Phi) is 5.37. The van der Waals surface area contributed by atoms with Crippen molar-refractivity contribution in [2.75, 3.05) is 51.9 Å². The first-order valence-corrected chi connectivity index (χ1v) is 7.11. The van der Waals surface area contributed by atoms with Crippen molar-refractivity contribution >= 4 is 5.69 Å². The number of hydrogen-bond acceptors (Lipinski definition) is 5. The van der Waals surface area contributed by atoms with Crippen LogP contribution in [0.5, 0.6) is 0 Å². The molecule has 0 bridgehead atoms. The van der Waals surface area contributed by atoms with Gasteiger partial charge in [-0.3, -0.25) is 4.90 Å². The summed E-state index contributed by atoms with van der Waals surface area (Å²) in [5.74, 6) is 0. The summed E-state index contributed by atoms with van der Waals surface area (Å²) < 4.78 is 5.37. The zero-order valence-corrected chi connectivity index (χ0v) is 12.4. The molecule has 3 N–H and O–H groups in total. The van der Waals surface area contributed by atoms with Crippen LogP contribution in [0, 0.1) is 0 Å². The Hall–Kier alpha value is -1.14. The fourth-order valence-electron chi connectivity index (χ4n) is 2.86. The second-order valence-electron chi connectivity index (χ2n) is 5.30. The minimum atomic E-state index is 0.0747. The smallest absolute Gasteiger partial charge is 0.0698 e. The first-order chi connectivity index (χ1) is 9.69. The topological polar surface area (TPSA) is 62.0 Å². The molecule has 2 rings (SSSR count). The van der Waals surface area contributed by atoms with Gasteiger partial charge < -0.3 is 20.5 Å². The van der Waals surface area contributed by atoms with Gasteiger partial charge in [0.25, 0.3) is 0 Å². The molecule has 0 aliphatic carbocycles. The van der Waals surface area contributed by atoms with Gasteiger partial charge in [-0.1, -0.05) is 12.1 Å². The highest BCUT2D eigenvalue weighted by Crippen LogP contribution is 2.37. The fourth-order valence-corrected chi connectivity index (χ4v) is 2.86. The van der Waals surface area contributed by atoms with E-state index in [9.17, 15) is 0 Å². The number of nitrogens with zero attached hydrogens (tertiary/aromatic N) is 2. The maximum Gasteiger partial charge on any atom is 0.0698 e. The van der Waals surface area contributed by atoms with Crippen molar-refractivity contribution in [3.8, 4) is 0 Å². The Morgan fingerprint density at radius 2 is 2.20 bits per heavy atom. The molecule has 20 heavy (non-hydrogen) atoms. The Morgan fingerprint density at radius 3 is 2.85 bits per heavy atom. The van der Waals surface area contributed by atoms with Crippen LogP contribution >= 0.6 is 0 Å². The predicted octanol–water partition coefficient (Wildman–Crippen LogP) is 0.577. The summed E-state index contributed by atoms with van der Waals surface area (Å²) in [4.78, 5) is 4.51. The van der Waals surface area contributed by atoms with Crippen LogP contribution in [0.2, 0.25) is 0 Å². The minimum Gasteiger partial charge on any atom is -0.394 e. The van der Waals surface area contributed by atoms with Gasteiger partial charge in [0.15, 0.2) is 0 Å². The normalized spacial score (nSPS) is 18.3. The molecule has 0 saturated carbocycles. The SMILES string of the molecule is CN(C)c1cccc2c1CN(CCOCCO)C2CN. The van der Waals surface area contributed by atoms with Crippen molar-refractivity contribution in [2.24, 2.45) is 5.73 Å². The molecule has 1 heterocycles. The molecule has 1 aliphatic rings. The largest absolute Gasteiger partial charge is 0.394 e. The maximum atomic E-state index is 8.73. The lowest BCUT2D eigenvalue weighted by atomic mass is 10.0. The highest BCUT2D eigenvalue weighted by Gasteiger charge is 2.30. The zero-order chi connectivity index (χ0) is 14.5. The lowest BCUT2D eigenvalue weighted by molar-refractivity contribution is 0.0657. The lowest BCUT2D eigenvalue weighted by Crippen LogP contribution is -2.31. The van der Waals surface area contributed by atoms with Gasteiger partial charge in [0.1, 0.15) is 0 Å². The average Bonchev–Trinajstić information content (AvgIpc) is 2.80. The second-order valence-corrected chi connectivity index (χ2v) is 5.30. The molecule has 112 valence electrons. The Labute approximate surface area is 120 Å². The van der Waals surface area contributed by atoms with Gasteiger partial charge in [0, 0.05) is 45.5 Å². The molecule has 1 aromatic rings. The quantitative estimate of drug-likeness (QED) is 0.715. The monoisotopic (exact) mass is 279 g/mol. The summed E-state index contributed by atoms with van der Waals surface area (Å²) in [5, 5.41) is 8.73. The Bertz CT molecular complexity index is 437. The number of fused-ring (bicyclic) bond motifs is 1. The van der Waals surface area contributed by atoms with Crippen LogP contribution < -0.4 is 10.6 Å². The van der Waals surface area contributed by atoms with E-state index in [0.717, 1.165) is 13.1 Å². The molecule has 0 aromatic heterocycles. The van der Waals surface area contributed by atoms with Crippen molar-refractivity contribution in [3.05, 3.63) is 29.3 Å². The summed E-state index contributed by atoms with van der Waals surface area (Å²) >= 11 is 0. The molecule has 1 aromatic carbocycles. The summed E-state index contributed by atoms with van der Waals surface area (Å²) in [6.45, 7) is 3.46. The van der Waals surface area contributed by atoms with Gasteiger partial charge >= 0.3 is 0 Å². The third-order valence-corrected chi connectivity index (χ3v) is 3.81. The van der Waals surface area contributed by atoms with Crippen molar-refractivity contribution in [1.82, 2.24) is 4.90 Å². The standard InChI is InChI=1S/C15H25N3O2/c1-17(2)14-5-3-4-12-13(14)11-18(15(12)10-16)6-8-20-9-7-19/h3-5,15,19H,6-11,16H2,1-2H3. The molecule has 1 unspecified atom stereocenters. The molecule has 1 aliphatic heterocycles. The third kappa shape index (κ3) is 3.12. The van der Waals surface area contributed by atoms with E-state index in [1.165, 1.54) is 16.8 Å². The predicted molar refractivity (Wildman–Crippen MR) is 80.9 cm³/mol. The van der Waals surface area contributed by atoms with E-state index >= 15 is 0 Å². The Balaban J connectivity index is 2.10. The van der Waals surface area contributed by atoms with Crippen LogP contribution in [-0.2, 0) is 11.3 Å². The van der Waals surface area contributed by atoms with Crippen molar-refractivity contribution in [1.29, 1.82) is 0 Å². The van der Waals surface area contributed by atoms with E-state index in [-0.39, 0.29) is 12.6 Å². The molecule has 0 amide bonds.